The molecule has 150 valence electrons. The lowest BCUT2D eigenvalue weighted by Crippen LogP contribution is -2.52. The molecule has 0 aliphatic carbocycles. The third kappa shape index (κ3) is 2.84. The van der Waals surface area contributed by atoms with E-state index >= 15 is 0 Å². The molecule has 2 fully saturated rings. The van der Waals surface area contributed by atoms with Crippen LogP contribution in [-0.2, 0) is 21.7 Å². The summed E-state index contributed by atoms with van der Waals surface area (Å²) in [4.78, 5) is 38.2. The Labute approximate surface area is 167 Å². The van der Waals surface area contributed by atoms with E-state index < -0.39 is 11.9 Å². The van der Waals surface area contributed by atoms with E-state index in [0.29, 0.717) is 18.5 Å². The SMILES string of the molecule is C[C@@]1(c2cn(-c3cccc4c3CN(C3CCC(=O)NC3=O)C4=O)nn2)CCCN1. The number of hydrogen-bond donors (Lipinski definition) is 2. The van der Waals surface area contributed by atoms with Gasteiger partial charge in [0, 0.05) is 24.1 Å². The number of nitrogens with one attached hydrogen (secondary N) is 2. The third-order valence-corrected chi connectivity index (χ3v) is 6.23. The maximum Gasteiger partial charge on any atom is 0.255 e. The molecule has 2 aromatic rings. The largest absolute Gasteiger partial charge is 0.322 e. The number of piperidine rings is 1. The lowest BCUT2D eigenvalue weighted by atomic mass is 9.97. The van der Waals surface area contributed by atoms with Crippen molar-refractivity contribution in [1.29, 1.82) is 0 Å². The smallest absolute Gasteiger partial charge is 0.255 e. The maximum atomic E-state index is 13.0. The molecule has 9 heteroatoms. The molecule has 5 rings (SSSR count). The molecule has 1 unspecified atom stereocenters. The third-order valence-electron chi connectivity index (χ3n) is 6.23. The van der Waals surface area contributed by atoms with Crippen molar-refractivity contribution in [1.82, 2.24) is 30.5 Å². The number of nitrogens with zero attached hydrogens (tertiary/aromatic N) is 4. The van der Waals surface area contributed by atoms with E-state index in [1.165, 1.54) is 0 Å². The molecule has 3 amide bonds. The molecule has 3 aliphatic rings. The van der Waals surface area contributed by atoms with Gasteiger partial charge in [0.15, 0.2) is 0 Å². The van der Waals surface area contributed by atoms with Gasteiger partial charge in [-0.2, -0.15) is 0 Å². The summed E-state index contributed by atoms with van der Waals surface area (Å²) < 4.78 is 1.71. The van der Waals surface area contributed by atoms with Crippen LogP contribution >= 0.6 is 0 Å². The number of carbonyl (C=O) groups is 3. The molecule has 3 aliphatic heterocycles. The number of aromatic nitrogens is 3. The second-order valence-electron chi connectivity index (χ2n) is 8.11. The molecule has 2 saturated heterocycles. The monoisotopic (exact) mass is 394 g/mol. The van der Waals surface area contributed by atoms with Gasteiger partial charge in [0.2, 0.25) is 11.8 Å². The zero-order valence-electron chi connectivity index (χ0n) is 16.1. The van der Waals surface area contributed by atoms with Crippen molar-refractivity contribution in [2.75, 3.05) is 6.54 Å². The molecule has 0 saturated carbocycles. The van der Waals surface area contributed by atoms with Gasteiger partial charge >= 0.3 is 0 Å². The minimum atomic E-state index is -0.631. The molecule has 9 nitrogen and oxygen atoms in total. The van der Waals surface area contributed by atoms with Gasteiger partial charge in [-0.25, -0.2) is 4.68 Å². The van der Waals surface area contributed by atoms with Crippen molar-refractivity contribution in [3.63, 3.8) is 0 Å². The molecule has 0 radical (unpaired) electrons. The highest BCUT2D eigenvalue weighted by atomic mass is 16.2. The number of carbonyl (C=O) groups excluding carboxylic acids is 3. The Bertz CT molecular complexity index is 1020. The molecule has 1 aromatic heterocycles. The fraction of sp³-hybridized carbons (Fsp3) is 0.450. The summed E-state index contributed by atoms with van der Waals surface area (Å²) in [7, 11) is 0. The number of hydrogen-bond acceptors (Lipinski definition) is 6. The maximum absolute atomic E-state index is 13.0. The Balaban J connectivity index is 1.47. The number of benzene rings is 1. The van der Waals surface area contributed by atoms with Gasteiger partial charge < -0.3 is 10.2 Å². The number of imide groups is 1. The minimum Gasteiger partial charge on any atom is -0.322 e. The van der Waals surface area contributed by atoms with Gasteiger partial charge in [0.25, 0.3) is 5.91 Å². The van der Waals surface area contributed by atoms with E-state index in [1.807, 2.05) is 18.3 Å². The summed E-state index contributed by atoms with van der Waals surface area (Å²) in [5.74, 6) is -0.895. The van der Waals surface area contributed by atoms with Crippen LogP contribution in [0.2, 0.25) is 0 Å². The Hall–Kier alpha value is -3.07. The number of rotatable bonds is 3. The van der Waals surface area contributed by atoms with Gasteiger partial charge in [-0.05, 0) is 44.9 Å². The summed E-state index contributed by atoms with van der Waals surface area (Å²) >= 11 is 0. The number of fused-ring (bicyclic) bond motifs is 1. The predicted octanol–water partition coefficient (Wildman–Crippen LogP) is 0.627. The van der Waals surface area contributed by atoms with Crippen LogP contribution in [0.3, 0.4) is 0 Å². The highest BCUT2D eigenvalue weighted by Crippen LogP contribution is 2.33. The average molecular weight is 394 g/mol. The summed E-state index contributed by atoms with van der Waals surface area (Å²) in [6.45, 7) is 3.39. The van der Waals surface area contributed by atoms with Crippen LogP contribution < -0.4 is 10.6 Å². The molecule has 0 spiro atoms. The van der Waals surface area contributed by atoms with Crippen LogP contribution in [0, 0.1) is 0 Å². The first-order valence-electron chi connectivity index (χ1n) is 9.91. The first-order chi connectivity index (χ1) is 14.0. The van der Waals surface area contributed by atoms with Crippen molar-refractivity contribution in [3.8, 4) is 5.69 Å². The first kappa shape index (κ1) is 18.0. The molecule has 2 N–H and O–H groups in total. The van der Waals surface area contributed by atoms with Crippen LogP contribution in [0.4, 0.5) is 0 Å². The predicted molar refractivity (Wildman–Crippen MR) is 102 cm³/mol. The summed E-state index contributed by atoms with van der Waals surface area (Å²) in [6, 6.07) is 4.86. The van der Waals surface area contributed by atoms with Gasteiger partial charge in [-0.15, -0.1) is 5.10 Å². The van der Waals surface area contributed by atoms with E-state index in [9.17, 15) is 14.4 Å². The minimum absolute atomic E-state index is 0.190. The van der Waals surface area contributed by atoms with E-state index in [4.69, 9.17) is 0 Å². The summed E-state index contributed by atoms with van der Waals surface area (Å²) in [5.41, 5.74) is 2.85. The number of amides is 3. The topological polar surface area (TPSA) is 109 Å². The summed E-state index contributed by atoms with van der Waals surface area (Å²) in [6.07, 6.45) is 4.59. The molecule has 29 heavy (non-hydrogen) atoms. The Morgan fingerprint density at radius 3 is 2.86 bits per heavy atom. The van der Waals surface area contributed by atoms with E-state index in [-0.39, 0.29) is 23.8 Å². The molecule has 0 bridgehead atoms. The average Bonchev–Trinajstić information content (AvgIpc) is 3.42. The summed E-state index contributed by atoms with van der Waals surface area (Å²) in [5, 5.41) is 14.5. The molecular formula is C20H22N6O3. The second-order valence-corrected chi connectivity index (χ2v) is 8.11. The van der Waals surface area contributed by atoms with Crippen LogP contribution in [0.5, 0.6) is 0 Å². The van der Waals surface area contributed by atoms with E-state index in [1.54, 1.807) is 15.6 Å². The van der Waals surface area contributed by atoms with Crippen molar-refractivity contribution in [3.05, 3.63) is 41.2 Å². The van der Waals surface area contributed by atoms with Gasteiger partial charge in [0.05, 0.1) is 17.4 Å². The first-order valence-corrected chi connectivity index (χ1v) is 9.91. The fourth-order valence-corrected chi connectivity index (χ4v) is 4.53. The van der Waals surface area contributed by atoms with Crippen molar-refractivity contribution in [2.45, 2.75) is 50.7 Å². The lowest BCUT2D eigenvalue weighted by Gasteiger charge is -2.29. The molecule has 4 heterocycles. The Morgan fingerprint density at radius 2 is 2.10 bits per heavy atom. The normalized spacial score (nSPS) is 26.7. The quantitative estimate of drug-likeness (QED) is 0.739. The van der Waals surface area contributed by atoms with Crippen LogP contribution in [-0.4, -0.2) is 50.2 Å². The lowest BCUT2D eigenvalue weighted by molar-refractivity contribution is -0.136. The Morgan fingerprint density at radius 1 is 1.24 bits per heavy atom. The molecule has 2 atom stereocenters. The van der Waals surface area contributed by atoms with Gasteiger partial charge in [-0.1, -0.05) is 11.3 Å². The van der Waals surface area contributed by atoms with Crippen LogP contribution in [0.15, 0.2) is 24.4 Å². The van der Waals surface area contributed by atoms with Crippen LogP contribution in [0.25, 0.3) is 5.69 Å². The van der Waals surface area contributed by atoms with E-state index in [0.717, 1.165) is 36.3 Å². The van der Waals surface area contributed by atoms with Crippen molar-refractivity contribution in [2.24, 2.45) is 0 Å². The zero-order chi connectivity index (χ0) is 20.2. The van der Waals surface area contributed by atoms with Crippen LogP contribution in [0.1, 0.15) is 54.2 Å². The fourth-order valence-electron chi connectivity index (χ4n) is 4.53. The highest BCUT2D eigenvalue weighted by molar-refractivity contribution is 6.05. The Kier molecular flexibility index (Phi) is 4.02. The zero-order valence-corrected chi connectivity index (χ0v) is 16.1. The molecular weight excluding hydrogens is 372 g/mol. The second kappa shape index (κ2) is 6.48. The van der Waals surface area contributed by atoms with Crippen molar-refractivity contribution >= 4 is 17.7 Å². The standard InChI is InChI=1S/C20H22N6O3/c1-20(8-3-9-21-20)16-11-26(24-23-16)14-5-2-4-12-13(14)10-25(19(12)29)15-6-7-17(27)22-18(15)28/h2,4-5,11,15,21H,3,6-10H2,1H3,(H,22,27,28)/t15?,20-/m0/s1. The van der Waals surface area contributed by atoms with E-state index in [2.05, 4.69) is 27.9 Å². The van der Waals surface area contributed by atoms with Gasteiger partial charge in [0.1, 0.15) is 11.7 Å². The molecule has 1 aromatic carbocycles. The van der Waals surface area contributed by atoms with Crippen molar-refractivity contribution < 1.29 is 14.4 Å². The van der Waals surface area contributed by atoms with Gasteiger partial charge in [-0.3, -0.25) is 19.7 Å². The highest BCUT2D eigenvalue weighted by Gasteiger charge is 2.40.